The lowest BCUT2D eigenvalue weighted by atomic mass is 9.75. The number of amides is 3. The van der Waals surface area contributed by atoms with E-state index in [2.05, 4.69) is 25.9 Å². The van der Waals surface area contributed by atoms with Gasteiger partial charge >= 0.3 is 7.12 Å². The number of aromatic nitrogens is 2. The molecule has 1 aromatic heterocycles. The average Bonchev–Trinajstić information content (AvgIpc) is 3.00. The van der Waals surface area contributed by atoms with Gasteiger partial charge in [-0.25, -0.2) is 4.98 Å². The molecule has 4 aromatic rings. The van der Waals surface area contributed by atoms with Gasteiger partial charge < -0.3 is 26.0 Å². The largest absolute Gasteiger partial charge is 0.475 e. The summed E-state index contributed by atoms with van der Waals surface area (Å²) in [6.07, 6.45) is 4.76. The van der Waals surface area contributed by atoms with Gasteiger partial charge in [-0.2, -0.15) is 0 Å². The zero-order valence-corrected chi connectivity index (χ0v) is 24.2. The van der Waals surface area contributed by atoms with Crippen LogP contribution < -0.4 is 16.0 Å². The van der Waals surface area contributed by atoms with E-state index in [0.29, 0.717) is 6.42 Å². The standard InChI is InChI=1S/C32H36BN5O5/c1-21(2)16-29(33(42)43)38-31(40)26(18-22-8-4-3-5-9-22)36-30(39)27(37-32(41)28-20-34-14-15-35-28)19-23-12-13-24-10-6-7-11-25(24)17-23/h3-15,17,20-21,26-27,29,42-43H,16,18-19H2,1-2H3,(H,36,39)(H,37,41)(H,38,40)/t26-,27-,29-/m0/s1. The van der Waals surface area contributed by atoms with E-state index in [4.69, 9.17) is 0 Å². The van der Waals surface area contributed by atoms with Crippen LogP contribution in [0.15, 0.2) is 91.4 Å². The minimum Gasteiger partial charge on any atom is -0.426 e. The fraction of sp³-hybridized carbons (Fsp3) is 0.281. The Hall–Kier alpha value is -4.61. The predicted molar refractivity (Wildman–Crippen MR) is 165 cm³/mol. The van der Waals surface area contributed by atoms with Crippen molar-refractivity contribution in [2.75, 3.05) is 0 Å². The molecule has 3 amide bonds. The zero-order chi connectivity index (χ0) is 30.8. The second-order valence-corrected chi connectivity index (χ2v) is 10.9. The van der Waals surface area contributed by atoms with E-state index in [1.165, 1.54) is 18.6 Å². The van der Waals surface area contributed by atoms with Gasteiger partial charge in [0, 0.05) is 25.2 Å². The summed E-state index contributed by atoms with van der Waals surface area (Å²) in [7, 11) is -1.77. The second kappa shape index (κ2) is 15.0. The Morgan fingerprint density at radius 1 is 0.767 bits per heavy atom. The first kappa shape index (κ1) is 31.3. The van der Waals surface area contributed by atoms with Crippen molar-refractivity contribution in [3.63, 3.8) is 0 Å². The molecule has 3 aromatic carbocycles. The number of nitrogens with one attached hydrogen (secondary N) is 3. The van der Waals surface area contributed by atoms with Crippen molar-refractivity contribution in [3.8, 4) is 0 Å². The summed E-state index contributed by atoms with van der Waals surface area (Å²) in [5.74, 6) is -2.57. The Bertz CT molecular complexity index is 1520. The van der Waals surface area contributed by atoms with Gasteiger partial charge in [-0.3, -0.25) is 19.4 Å². The van der Waals surface area contributed by atoms with Crippen molar-refractivity contribution in [1.29, 1.82) is 0 Å². The van der Waals surface area contributed by atoms with E-state index in [-0.39, 0.29) is 24.5 Å². The second-order valence-electron chi connectivity index (χ2n) is 10.9. The highest BCUT2D eigenvalue weighted by molar-refractivity contribution is 6.43. The Balaban J connectivity index is 1.60. The number of hydrogen-bond acceptors (Lipinski definition) is 7. The van der Waals surface area contributed by atoms with Crippen molar-refractivity contribution in [3.05, 3.63) is 108 Å². The van der Waals surface area contributed by atoms with Gasteiger partial charge in [0.2, 0.25) is 11.8 Å². The summed E-state index contributed by atoms with van der Waals surface area (Å²) in [6.45, 7) is 3.81. The maximum atomic E-state index is 13.8. The molecule has 10 nitrogen and oxygen atoms in total. The molecule has 0 spiro atoms. The molecular formula is C32H36BN5O5. The van der Waals surface area contributed by atoms with Crippen LogP contribution >= 0.6 is 0 Å². The number of hydrogen-bond donors (Lipinski definition) is 5. The van der Waals surface area contributed by atoms with E-state index in [9.17, 15) is 24.4 Å². The van der Waals surface area contributed by atoms with Crippen molar-refractivity contribution >= 4 is 35.6 Å². The maximum Gasteiger partial charge on any atom is 0.475 e. The van der Waals surface area contributed by atoms with Crippen molar-refractivity contribution in [2.45, 2.75) is 51.1 Å². The molecule has 0 aliphatic carbocycles. The van der Waals surface area contributed by atoms with Crippen LogP contribution in [0.25, 0.3) is 10.8 Å². The minimum atomic E-state index is -1.77. The number of carbonyl (C=O) groups is 3. The first-order chi connectivity index (χ1) is 20.7. The van der Waals surface area contributed by atoms with Crippen molar-refractivity contribution < 1.29 is 24.4 Å². The van der Waals surface area contributed by atoms with Gasteiger partial charge in [-0.1, -0.05) is 86.6 Å². The van der Waals surface area contributed by atoms with Crippen LogP contribution in [0.3, 0.4) is 0 Å². The lowest BCUT2D eigenvalue weighted by Crippen LogP contribution is -2.58. The molecule has 0 saturated heterocycles. The highest BCUT2D eigenvalue weighted by Crippen LogP contribution is 2.17. The fourth-order valence-corrected chi connectivity index (χ4v) is 4.84. The number of nitrogens with zero attached hydrogens (tertiary/aromatic N) is 2. The Kier molecular flexibility index (Phi) is 11.0. The molecule has 0 aliphatic rings. The first-order valence-electron chi connectivity index (χ1n) is 14.2. The summed E-state index contributed by atoms with van der Waals surface area (Å²) in [6, 6.07) is 20.7. The van der Waals surface area contributed by atoms with E-state index >= 15 is 0 Å². The van der Waals surface area contributed by atoms with E-state index < -0.39 is 42.9 Å². The van der Waals surface area contributed by atoms with E-state index in [0.717, 1.165) is 21.9 Å². The summed E-state index contributed by atoms with van der Waals surface area (Å²) < 4.78 is 0. The maximum absolute atomic E-state index is 13.8. The normalized spacial score (nSPS) is 13.1. The molecule has 3 atom stereocenters. The third-order valence-electron chi connectivity index (χ3n) is 7.00. The van der Waals surface area contributed by atoms with Gasteiger partial charge in [-0.15, -0.1) is 0 Å². The van der Waals surface area contributed by atoms with E-state index in [1.54, 1.807) is 0 Å². The van der Waals surface area contributed by atoms with Crippen LogP contribution in [0, 0.1) is 5.92 Å². The topological polar surface area (TPSA) is 154 Å². The smallest absolute Gasteiger partial charge is 0.426 e. The summed E-state index contributed by atoms with van der Waals surface area (Å²) in [5.41, 5.74) is 1.65. The van der Waals surface area contributed by atoms with Crippen LogP contribution in [0.1, 0.15) is 41.9 Å². The van der Waals surface area contributed by atoms with Gasteiger partial charge in [0.05, 0.1) is 12.1 Å². The molecule has 11 heteroatoms. The van der Waals surface area contributed by atoms with Gasteiger partial charge in [0.15, 0.2) is 0 Å². The van der Waals surface area contributed by atoms with Crippen molar-refractivity contribution in [2.24, 2.45) is 5.92 Å². The molecule has 0 fully saturated rings. The molecule has 0 saturated carbocycles. The fourth-order valence-electron chi connectivity index (χ4n) is 4.84. The van der Waals surface area contributed by atoms with Crippen LogP contribution in [0.5, 0.6) is 0 Å². The quantitative estimate of drug-likeness (QED) is 0.152. The Morgan fingerprint density at radius 3 is 2.09 bits per heavy atom. The zero-order valence-electron chi connectivity index (χ0n) is 24.2. The van der Waals surface area contributed by atoms with Crippen LogP contribution in [0.2, 0.25) is 0 Å². The molecule has 0 unspecified atom stereocenters. The van der Waals surface area contributed by atoms with Crippen LogP contribution in [-0.2, 0) is 22.4 Å². The molecule has 222 valence electrons. The number of fused-ring (bicyclic) bond motifs is 1. The van der Waals surface area contributed by atoms with E-state index in [1.807, 2.05) is 86.6 Å². The molecular weight excluding hydrogens is 545 g/mol. The third-order valence-corrected chi connectivity index (χ3v) is 7.00. The Morgan fingerprint density at radius 2 is 1.42 bits per heavy atom. The number of carbonyl (C=O) groups excluding carboxylic acids is 3. The Labute approximate surface area is 251 Å². The number of rotatable bonds is 13. The predicted octanol–water partition coefficient (Wildman–Crippen LogP) is 2.24. The number of benzene rings is 3. The van der Waals surface area contributed by atoms with Gasteiger partial charge in [-0.05, 0) is 34.2 Å². The van der Waals surface area contributed by atoms with Crippen LogP contribution in [0.4, 0.5) is 0 Å². The molecule has 0 aliphatic heterocycles. The molecule has 5 N–H and O–H groups in total. The monoisotopic (exact) mass is 581 g/mol. The average molecular weight is 581 g/mol. The third kappa shape index (κ3) is 9.19. The minimum absolute atomic E-state index is 0.0471. The van der Waals surface area contributed by atoms with Gasteiger partial charge in [0.1, 0.15) is 17.8 Å². The lowest BCUT2D eigenvalue weighted by molar-refractivity contribution is -0.130. The van der Waals surface area contributed by atoms with Gasteiger partial charge in [0.25, 0.3) is 5.91 Å². The molecule has 43 heavy (non-hydrogen) atoms. The summed E-state index contributed by atoms with van der Waals surface area (Å²) >= 11 is 0. The highest BCUT2D eigenvalue weighted by Gasteiger charge is 2.32. The molecule has 0 bridgehead atoms. The summed E-state index contributed by atoms with van der Waals surface area (Å²) in [5, 5.41) is 30.1. The van der Waals surface area contributed by atoms with Crippen LogP contribution in [-0.4, -0.2) is 62.9 Å². The van der Waals surface area contributed by atoms with Crippen molar-refractivity contribution in [1.82, 2.24) is 25.9 Å². The first-order valence-corrected chi connectivity index (χ1v) is 14.2. The summed E-state index contributed by atoms with van der Waals surface area (Å²) in [4.78, 5) is 48.4. The molecule has 0 radical (unpaired) electrons. The lowest BCUT2D eigenvalue weighted by Gasteiger charge is -2.26. The highest BCUT2D eigenvalue weighted by atomic mass is 16.4. The SMILES string of the molecule is CC(C)C[C@H](NC(=O)[C@H](Cc1ccccc1)NC(=O)[C@H](Cc1ccc2ccccc2c1)NC(=O)c1cnccn1)B(O)O. The molecule has 4 rings (SSSR count). The molecule has 1 heterocycles.